The van der Waals surface area contributed by atoms with E-state index in [1.807, 2.05) is 0 Å². The molecule has 0 aromatic carbocycles. The van der Waals surface area contributed by atoms with E-state index in [1.54, 1.807) is 0 Å². The van der Waals surface area contributed by atoms with E-state index in [0.717, 1.165) is 12.8 Å². The van der Waals surface area contributed by atoms with E-state index in [4.69, 9.17) is 14.6 Å². The first-order valence-electron chi connectivity index (χ1n) is 12.5. The summed E-state index contributed by atoms with van der Waals surface area (Å²) in [6.45, 7) is 2.58. The van der Waals surface area contributed by atoms with Gasteiger partial charge >= 0.3 is 0 Å². The monoisotopic (exact) mass is 428 g/mol. The number of hydrogen-bond acceptors (Lipinski definition) is 5. The Morgan fingerprint density at radius 1 is 0.867 bits per heavy atom. The third-order valence-electron chi connectivity index (χ3n) is 6.07. The van der Waals surface area contributed by atoms with Crippen molar-refractivity contribution in [1.29, 1.82) is 0 Å². The van der Waals surface area contributed by atoms with Gasteiger partial charge in [0.2, 0.25) is 0 Å². The third-order valence-corrected chi connectivity index (χ3v) is 6.07. The molecule has 5 nitrogen and oxygen atoms in total. The fourth-order valence-electron chi connectivity index (χ4n) is 4.09. The summed E-state index contributed by atoms with van der Waals surface area (Å²) in [6.07, 6.45) is 21.1. The van der Waals surface area contributed by atoms with Gasteiger partial charge in [-0.3, -0.25) is 0 Å². The summed E-state index contributed by atoms with van der Waals surface area (Å²) in [5.41, 5.74) is 0. The number of hydrogen-bond donors (Lipinski definition) is 3. The number of allylic oxidation sites excluding steroid dienone is 2. The van der Waals surface area contributed by atoms with Gasteiger partial charge in [0.05, 0.1) is 13.2 Å². The smallest absolute Gasteiger partial charge is 0.114 e. The van der Waals surface area contributed by atoms with Crippen LogP contribution in [0.1, 0.15) is 103 Å². The van der Waals surface area contributed by atoms with Crippen molar-refractivity contribution in [2.75, 3.05) is 19.8 Å². The highest BCUT2D eigenvalue weighted by Crippen LogP contribution is 2.20. The molecule has 0 spiro atoms. The van der Waals surface area contributed by atoms with Crippen molar-refractivity contribution >= 4 is 0 Å². The fraction of sp³-hybridized carbons (Fsp3) is 0.920. The van der Waals surface area contributed by atoms with Crippen LogP contribution in [0.5, 0.6) is 0 Å². The van der Waals surface area contributed by atoms with E-state index >= 15 is 0 Å². The van der Waals surface area contributed by atoms with Crippen molar-refractivity contribution in [2.45, 2.75) is 128 Å². The van der Waals surface area contributed by atoms with Crippen molar-refractivity contribution < 1.29 is 24.8 Å². The molecule has 0 radical (unpaired) electrons. The maximum absolute atomic E-state index is 10.1. The van der Waals surface area contributed by atoms with Crippen LogP contribution in [0.15, 0.2) is 12.2 Å². The van der Waals surface area contributed by atoms with Crippen molar-refractivity contribution in [3.8, 4) is 0 Å². The van der Waals surface area contributed by atoms with Gasteiger partial charge in [-0.05, 0) is 26.2 Å². The van der Waals surface area contributed by atoms with Gasteiger partial charge in [0, 0.05) is 6.61 Å². The zero-order chi connectivity index (χ0) is 21.9. The molecule has 30 heavy (non-hydrogen) atoms. The molecule has 5 heteroatoms. The Balaban J connectivity index is 1.78. The molecular weight excluding hydrogens is 380 g/mol. The standard InChI is InChI=1S/C25H48O5/c1-2-3-4-5-6-7-8-9-10-11-12-13-14-15-16-17-18-19-29-23-21-30-25(24(23)28)22(27)20-26/h2-3,22-28H,4-21H2,1H3/b3-2+/t22-,23+,24-,25-/m1/s1. The minimum absolute atomic E-state index is 0.277. The Morgan fingerprint density at radius 3 is 1.87 bits per heavy atom. The number of rotatable bonds is 20. The SMILES string of the molecule is C/C=C/CCCCCCCCCCCCCCCCO[C@H]1CO[C@H]([C@H](O)CO)[C@@H]1O. The first-order valence-corrected chi connectivity index (χ1v) is 12.5. The van der Waals surface area contributed by atoms with Gasteiger partial charge in [-0.15, -0.1) is 0 Å². The Bertz CT molecular complexity index is 401. The van der Waals surface area contributed by atoms with E-state index in [-0.39, 0.29) is 6.61 Å². The molecule has 0 unspecified atom stereocenters. The Hall–Kier alpha value is -0.460. The van der Waals surface area contributed by atoms with Gasteiger partial charge in [0.1, 0.15) is 24.4 Å². The molecule has 0 saturated carbocycles. The summed E-state index contributed by atoms with van der Waals surface area (Å²) in [4.78, 5) is 0. The van der Waals surface area contributed by atoms with Crippen LogP contribution in [-0.4, -0.2) is 59.6 Å². The lowest BCUT2D eigenvalue weighted by molar-refractivity contribution is -0.0730. The highest BCUT2D eigenvalue weighted by Gasteiger charge is 2.40. The fourth-order valence-corrected chi connectivity index (χ4v) is 4.09. The summed E-state index contributed by atoms with van der Waals surface area (Å²) in [5.74, 6) is 0. The number of aliphatic hydroxyl groups excluding tert-OH is 3. The predicted octanol–water partition coefficient (Wildman–Crippen LogP) is 4.91. The van der Waals surface area contributed by atoms with Gasteiger partial charge in [-0.1, -0.05) is 89.2 Å². The van der Waals surface area contributed by atoms with E-state index in [9.17, 15) is 10.2 Å². The van der Waals surface area contributed by atoms with Crippen LogP contribution >= 0.6 is 0 Å². The first kappa shape index (κ1) is 27.6. The van der Waals surface area contributed by atoms with Crippen LogP contribution < -0.4 is 0 Å². The molecule has 4 atom stereocenters. The molecule has 0 amide bonds. The van der Waals surface area contributed by atoms with Crippen LogP contribution in [0.4, 0.5) is 0 Å². The molecule has 1 aliphatic heterocycles. The molecule has 0 bridgehead atoms. The molecular formula is C25H48O5. The van der Waals surface area contributed by atoms with Crippen molar-refractivity contribution in [3.05, 3.63) is 12.2 Å². The molecule has 0 aromatic rings. The first-order chi connectivity index (χ1) is 14.7. The van der Waals surface area contributed by atoms with Crippen LogP contribution in [0, 0.1) is 0 Å². The molecule has 1 heterocycles. The molecule has 1 aliphatic rings. The zero-order valence-electron chi connectivity index (χ0n) is 19.4. The molecule has 3 N–H and O–H groups in total. The highest BCUT2D eigenvalue weighted by molar-refractivity contribution is 4.88. The van der Waals surface area contributed by atoms with E-state index < -0.39 is 31.0 Å². The maximum Gasteiger partial charge on any atom is 0.114 e. The second-order valence-corrected chi connectivity index (χ2v) is 8.76. The van der Waals surface area contributed by atoms with Crippen molar-refractivity contribution in [1.82, 2.24) is 0 Å². The van der Waals surface area contributed by atoms with Gasteiger partial charge in [0.25, 0.3) is 0 Å². The van der Waals surface area contributed by atoms with Crippen LogP contribution in [-0.2, 0) is 9.47 Å². The van der Waals surface area contributed by atoms with Crippen molar-refractivity contribution in [3.63, 3.8) is 0 Å². The molecule has 1 rings (SSSR count). The minimum Gasteiger partial charge on any atom is -0.394 e. The molecule has 0 aromatic heterocycles. The largest absolute Gasteiger partial charge is 0.394 e. The highest BCUT2D eigenvalue weighted by atomic mass is 16.6. The Kier molecular flexibility index (Phi) is 17.7. The van der Waals surface area contributed by atoms with Crippen LogP contribution in [0.25, 0.3) is 0 Å². The van der Waals surface area contributed by atoms with Crippen LogP contribution in [0.3, 0.4) is 0 Å². The Labute approximate surface area is 184 Å². The average molecular weight is 429 g/mol. The summed E-state index contributed by atoms with van der Waals surface area (Å²) >= 11 is 0. The molecule has 0 aliphatic carbocycles. The number of aliphatic hydroxyl groups is 3. The van der Waals surface area contributed by atoms with Crippen LogP contribution in [0.2, 0.25) is 0 Å². The molecule has 178 valence electrons. The van der Waals surface area contributed by atoms with Gasteiger partial charge in [0.15, 0.2) is 0 Å². The maximum atomic E-state index is 10.1. The predicted molar refractivity (Wildman–Crippen MR) is 123 cm³/mol. The second kappa shape index (κ2) is 19.2. The van der Waals surface area contributed by atoms with E-state index in [2.05, 4.69) is 19.1 Å². The van der Waals surface area contributed by atoms with Crippen molar-refractivity contribution in [2.24, 2.45) is 0 Å². The summed E-state index contributed by atoms with van der Waals surface area (Å²) in [5, 5.41) is 28.6. The topological polar surface area (TPSA) is 79.2 Å². The lowest BCUT2D eigenvalue weighted by Gasteiger charge is -2.20. The number of ether oxygens (including phenoxy) is 2. The summed E-state index contributed by atoms with van der Waals surface area (Å²) < 4.78 is 11.0. The van der Waals surface area contributed by atoms with Gasteiger partial charge in [-0.2, -0.15) is 0 Å². The summed E-state index contributed by atoms with van der Waals surface area (Å²) in [6, 6.07) is 0. The second-order valence-electron chi connectivity index (χ2n) is 8.76. The lowest BCUT2D eigenvalue weighted by Crippen LogP contribution is -2.41. The average Bonchev–Trinajstić information content (AvgIpc) is 3.12. The summed E-state index contributed by atoms with van der Waals surface area (Å²) in [7, 11) is 0. The zero-order valence-corrected chi connectivity index (χ0v) is 19.4. The van der Waals surface area contributed by atoms with E-state index in [1.165, 1.54) is 83.5 Å². The lowest BCUT2D eigenvalue weighted by atomic mass is 10.0. The Morgan fingerprint density at radius 2 is 1.37 bits per heavy atom. The molecule has 1 fully saturated rings. The number of unbranched alkanes of at least 4 members (excludes halogenated alkanes) is 14. The minimum atomic E-state index is -1.05. The molecule has 1 saturated heterocycles. The van der Waals surface area contributed by atoms with E-state index in [0.29, 0.717) is 6.61 Å². The quantitative estimate of drug-likeness (QED) is 0.190. The van der Waals surface area contributed by atoms with Gasteiger partial charge in [-0.25, -0.2) is 0 Å². The third kappa shape index (κ3) is 13.1. The van der Waals surface area contributed by atoms with Gasteiger partial charge < -0.3 is 24.8 Å². The normalized spacial score (nSPS) is 22.9.